The highest BCUT2D eigenvalue weighted by atomic mass is 32.2. The lowest BCUT2D eigenvalue weighted by molar-refractivity contribution is 0.101. The molecule has 202 valence electrons. The average Bonchev–Trinajstić information content (AvgIpc) is 2.93. The quantitative estimate of drug-likeness (QED) is 0.376. The first kappa shape index (κ1) is 28.0. The summed E-state index contributed by atoms with van der Waals surface area (Å²) in [5.74, 6) is 0.315. The summed E-state index contributed by atoms with van der Waals surface area (Å²) in [7, 11) is -5.70. The minimum atomic E-state index is -3.67. The van der Waals surface area contributed by atoms with Crippen LogP contribution in [0.3, 0.4) is 0 Å². The first-order valence-corrected chi connectivity index (χ1v) is 15.4. The molecule has 1 aliphatic rings. The molecule has 0 radical (unpaired) electrons. The Morgan fingerprint density at radius 2 is 1.45 bits per heavy atom. The summed E-state index contributed by atoms with van der Waals surface area (Å²) in [5, 5.41) is 3.01. The number of benzene rings is 3. The highest BCUT2D eigenvalue weighted by molar-refractivity contribution is 7.89. The van der Waals surface area contributed by atoms with Gasteiger partial charge in [0.15, 0.2) is 5.78 Å². The fraction of sp³-hybridized carbons (Fsp3) is 0.321. The SMILES string of the molecule is CC1CCN(S(=O)(=O)c2ccc(C(=O)CNc3ccc(S(=O)(=O)N(C)Cc4ccccc4)cc3)cc2)CC1. The number of nitrogens with zero attached hydrogens (tertiary/aromatic N) is 2. The van der Waals surface area contributed by atoms with Crippen LogP contribution in [0.1, 0.15) is 35.7 Å². The predicted molar refractivity (Wildman–Crippen MR) is 148 cm³/mol. The molecule has 1 saturated heterocycles. The fourth-order valence-corrected chi connectivity index (χ4v) is 6.95. The molecule has 1 N–H and O–H groups in total. The molecule has 0 atom stereocenters. The van der Waals surface area contributed by atoms with Crippen LogP contribution in [-0.4, -0.2) is 57.9 Å². The minimum absolute atomic E-state index is 0.0177. The Bertz CT molecular complexity index is 1450. The van der Waals surface area contributed by atoms with Crippen LogP contribution in [-0.2, 0) is 26.6 Å². The lowest BCUT2D eigenvalue weighted by atomic mass is 10.0. The maximum Gasteiger partial charge on any atom is 0.243 e. The Morgan fingerprint density at radius 3 is 2.05 bits per heavy atom. The third-order valence-electron chi connectivity index (χ3n) is 6.82. The molecular formula is C28H33N3O5S2. The third kappa shape index (κ3) is 6.50. The van der Waals surface area contributed by atoms with Gasteiger partial charge < -0.3 is 5.32 Å². The van der Waals surface area contributed by atoms with E-state index in [1.165, 1.54) is 52.1 Å². The van der Waals surface area contributed by atoms with E-state index >= 15 is 0 Å². The Kier molecular flexibility index (Phi) is 8.67. The summed E-state index contributed by atoms with van der Waals surface area (Å²) in [6, 6.07) is 21.6. The van der Waals surface area contributed by atoms with E-state index in [4.69, 9.17) is 0 Å². The van der Waals surface area contributed by atoms with Gasteiger partial charge in [-0.2, -0.15) is 8.61 Å². The van der Waals surface area contributed by atoms with Crippen LogP contribution in [0.15, 0.2) is 88.7 Å². The number of carbonyl (C=O) groups is 1. The summed E-state index contributed by atoms with van der Waals surface area (Å²) in [6.45, 7) is 3.39. The number of nitrogens with one attached hydrogen (secondary N) is 1. The van der Waals surface area contributed by atoms with Gasteiger partial charge in [0, 0.05) is 37.9 Å². The summed E-state index contributed by atoms with van der Waals surface area (Å²) in [4.78, 5) is 13.0. The fourth-order valence-electron chi connectivity index (χ4n) is 4.32. The summed E-state index contributed by atoms with van der Waals surface area (Å²) < 4.78 is 54.4. The van der Waals surface area contributed by atoms with Gasteiger partial charge in [-0.1, -0.05) is 37.3 Å². The van der Waals surface area contributed by atoms with Gasteiger partial charge in [-0.3, -0.25) is 4.79 Å². The van der Waals surface area contributed by atoms with Crippen molar-refractivity contribution in [1.29, 1.82) is 0 Å². The lowest BCUT2D eigenvalue weighted by Crippen LogP contribution is -2.37. The molecule has 0 bridgehead atoms. The first-order chi connectivity index (χ1) is 18.1. The van der Waals surface area contributed by atoms with Crippen molar-refractivity contribution in [2.75, 3.05) is 32.0 Å². The molecule has 3 aromatic carbocycles. The van der Waals surface area contributed by atoms with Crippen LogP contribution in [0.4, 0.5) is 5.69 Å². The molecule has 0 saturated carbocycles. The van der Waals surface area contributed by atoms with Gasteiger partial charge in [0.1, 0.15) is 0 Å². The number of piperidine rings is 1. The zero-order valence-electron chi connectivity index (χ0n) is 21.6. The normalized spacial score (nSPS) is 15.4. The van der Waals surface area contributed by atoms with E-state index in [2.05, 4.69) is 12.2 Å². The number of hydrogen-bond donors (Lipinski definition) is 1. The van der Waals surface area contributed by atoms with Crippen LogP contribution in [0, 0.1) is 5.92 Å². The van der Waals surface area contributed by atoms with Gasteiger partial charge in [-0.25, -0.2) is 16.8 Å². The number of sulfonamides is 2. The van der Waals surface area contributed by atoms with Crippen LogP contribution >= 0.6 is 0 Å². The van der Waals surface area contributed by atoms with E-state index in [0.717, 1.165) is 18.4 Å². The Labute approximate surface area is 225 Å². The molecule has 0 aliphatic carbocycles. The molecule has 0 unspecified atom stereocenters. The second kappa shape index (κ2) is 11.8. The maximum absolute atomic E-state index is 12.9. The van der Waals surface area contributed by atoms with Crippen molar-refractivity contribution in [3.8, 4) is 0 Å². The summed E-state index contributed by atoms with van der Waals surface area (Å²) >= 11 is 0. The van der Waals surface area contributed by atoms with Crippen molar-refractivity contribution < 1.29 is 21.6 Å². The van der Waals surface area contributed by atoms with E-state index in [0.29, 0.717) is 30.3 Å². The average molecular weight is 556 g/mol. The number of hydrogen-bond acceptors (Lipinski definition) is 6. The molecule has 1 aliphatic heterocycles. The van der Waals surface area contributed by atoms with E-state index in [-0.39, 0.29) is 28.7 Å². The Morgan fingerprint density at radius 1 is 0.868 bits per heavy atom. The first-order valence-electron chi connectivity index (χ1n) is 12.5. The van der Waals surface area contributed by atoms with Gasteiger partial charge in [0.05, 0.1) is 16.3 Å². The zero-order valence-corrected chi connectivity index (χ0v) is 23.2. The summed E-state index contributed by atoms with van der Waals surface area (Å²) in [6.07, 6.45) is 1.69. The molecule has 3 aromatic rings. The molecule has 8 nitrogen and oxygen atoms in total. The van der Waals surface area contributed by atoms with Crippen LogP contribution in [0.2, 0.25) is 0 Å². The molecule has 10 heteroatoms. The molecule has 1 heterocycles. The van der Waals surface area contributed by atoms with Crippen molar-refractivity contribution in [2.45, 2.75) is 36.1 Å². The zero-order chi connectivity index (χ0) is 27.3. The van der Waals surface area contributed by atoms with Crippen molar-refractivity contribution in [2.24, 2.45) is 5.92 Å². The second-order valence-electron chi connectivity index (χ2n) is 9.66. The molecule has 38 heavy (non-hydrogen) atoms. The highest BCUT2D eigenvalue weighted by Crippen LogP contribution is 2.24. The van der Waals surface area contributed by atoms with Gasteiger partial charge in [0.25, 0.3) is 0 Å². The molecule has 0 spiro atoms. The molecule has 4 rings (SSSR count). The van der Waals surface area contributed by atoms with Crippen LogP contribution in [0.25, 0.3) is 0 Å². The Balaban J connectivity index is 1.34. The number of ketones is 1. The number of Topliss-reactive ketones (excluding diaryl/α,β-unsaturated/α-hetero) is 1. The summed E-state index contributed by atoms with van der Waals surface area (Å²) in [5.41, 5.74) is 1.88. The minimum Gasteiger partial charge on any atom is -0.378 e. The second-order valence-corrected chi connectivity index (χ2v) is 13.6. The highest BCUT2D eigenvalue weighted by Gasteiger charge is 2.28. The van der Waals surface area contributed by atoms with E-state index < -0.39 is 20.0 Å². The molecular weight excluding hydrogens is 522 g/mol. The maximum atomic E-state index is 12.9. The van der Waals surface area contributed by atoms with Crippen molar-refractivity contribution in [3.05, 3.63) is 90.0 Å². The third-order valence-corrected chi connectivity index (χ3v) is 10.6. The van der Waals surface area contributed by atoms with E-state index in [9.17, 15) is 21.6 Å². The van der Waals surface area contributed by atoms with Crippen molar-refractivity contribution in [3.63, 3.8) is 0 Å². The van der Waals surface area contributed by atoms with E-state index in [1.54, 1.807) is 12.1 Å². The number of carbonyl (C=O) groups excluding carboxylic acids is 1. The standard InChI is InChI=1S/C28H33N3O5S2/c1-22-16-18-31(19-17-22)38(35,36)27-12-8-24(9-13-27)28(32)20-29-25-10-14-26(15-11-25)37(33,34)30(2)21-23-6-4-3-5-7-23/h3-15,22,29H,16-21H2,1-2H3. The number of anilines is 1. The largest absolute Gasteiger partial charge is 0.378 e. The van der Waals surface area contributed by atoms with Gasteiger partial charge >= 0.3 is 0 Å². The molecule has 0 aromatic heterocycles. The monoisotopic (exact) mass is 555 g/mol. The molecule has 0 amide bonds. The molecule has 1 fully saturated rings. The van der Waals surface area contributed by atoms with Crippen molar-refractivity contribution >= 4 is 31.5 Å². The van der Waals surface area contributed by atoms with Gasteiger partial charge in [0.2, 0.25) is 20.0 Å². The number of rotatable bonds is 10. The van der Waals surface area contributed by atoms with Gasteiger partial charge in [-0.05, 0) is 72.9 Å². The van der Waals surface area contributed by atoms with Crippen LogP contribution in [0.5, 0.6) is 0 Å². The predicted octanol–water partition coefficient (Wildman–Crippen LogP) is 4.22. The lowest BCUT2D eigenvalue weighted by Gasteiger charge is -2.29. The van der Waals surface area contributed by atoms with Crippen LogP contribution < -0.4 is 5.32 Å². The van der Waals surface area contributed by atoms with Gasteiger partial charge in [-0.15, -0.1) is 0 Å². The topological polar surface area (TPSA) is 104 Å². The smallest absolute Gasteiger partial charge is 0.243 e. The van der Waals surface area contributed by atoms with E-state index in [1.807, 2.05) is 30.3 Å². The van der Waals surface area contributed by atoms with Crippen molar-refractivity contribution in [1.82, 2.24) is 8.61 Å². The Hall–Kier alpha value is -3.05.